The second-order valence-corrected chi connectivity index (χ2v) is 10.1. The number of halogens is 6. The van der Waals surface area contributed by atoms with Gasteiger partial charge in [-0.1, -0.05) is 37.1 Å². The van der Waals surface area contributed by atoms with Crippen LogP contribution in [0.5, 0.6) is 0 Å². The molecular weight excluding hydrogens is 528 g/mol. The molecular formula is C27H29F6N3O3. The van der Waals surface area contributed by atoms with Crippen molar-refractivity contribution in [2.45, 2.75) is 50.2 Å². The number of nitrogens with one attached hydrogen (secondary N) is 1. The zero-order valence-electron chi connectivity index (χ0n) is 21.0. The van der Waals surface area contributed by atoms with Crippen LogP contribution in [-0.2, 0) is 16.9 Å². The number of carbonyl (C=O) groups excluding carboxylic acids is 2. The SMILES string of the molecule is O=C(CCC1CC1)Nc1ccc(C(=O)N2CCN(Cc3ccc(C(O)(C(F)(F)F)C(F)(F)F)cc3)CC2)cc1. The number of amides is 2. The summed E-state index contributed by atoms with van der Waals surface area (Å²) in [6, 6.07) is 10.2. The van der Waals surface area contributed by atoms with Crippen LogP contribution in [0.3, 0.4) is 0 Å². The Balaban J connectivity index is 1.28. The normalized spacial score (nSPS) is 17.3. The standard InChI is InChI=1S/C27H29F6N3O3/c28-26(29,30)25(39,27(31,32)33)21-8-3-19(4-9-21)17-35-13-15-36(16-14-35)24(38)20-6-10-22(11-7-20)34-23(37)12-5-18-1-2-18/h3-4,6-11,18,39H,1-2,5,12-17H2,(H,34,37). The summed E-state index contributed by atoms with van der Waals surface area (Å²) in [7, 11) is 0. The molecule has 1 saturated heterocycles. The molecule has 212 valence electrons. The molecule has 0 spiro atoms. The predicted molar refractivity (Wildman–Crippen MR) is 131 cm³/mol. The van der Waals surface area contributed by atoms with Crippen LogP contribution in [0.1, 0.15) is 47.2 Å². The average molecular weight is 558 g/mol. The van der Waals surface area contributed by atoms with Crippen LogP contribution < -0.4 is 5.32 Å². The van der Waals surface area contributed by atoms with Gasteiger partial charge in [0.05, 0.1) is 0 Å². The van der Waals surface area contributed by atoms with E-state index in [0.29, 0.717) is 67.5 Å². The lowest BCUT2D eigenvalue weighted by Gasteiger charge is -2.35. The van der Waals surface area contributed by atoms with Crippen molar-refractivity contribution >= 4 is 17.5 Å². The van der Waals surface area contributed by atoms with Gasteiger partial charge in [-0.05, 0) is 42.2 Å². The number of hydrogen-bond acceptors (Lipinski definition) is 4. The minimum Gasteiger partial charge on any atom is -0.369 e. The molecule has 2 aliphatic rings. The minimum atomic E-state index is -5.93. The van der Waals surface area contributed by atoms with Crippen molar-refractivity contribution in [3.63, 3.8) is 0 Å². The minimum absolute atomic E-state index is 0.0527. The summed E-state index contributed by atoms with van der Waals surface area (Å²) in [4.78, 5) is 28.5. The van der Waals surface area contributed by atoms with Gasteiger partial charge in [0.1, 0.15) is 0 Å². The summed E-state index contributed by atoms with van der Waals surface area (Å²) in [5.41, 5.74) is -4.70. The van der Waals surface area contributed by atoms with E-state index in [-0.39, 0.29) is 18.4 Å². The largest absolute Gasteiger partial charge is 0.430 e. The molecule has 1 aliphatic heterocycles. The highest BCUT2D eigenvalue weighted by Crippen LogP contribution is 2.50. The maximum atomic E-state index is 13.1. The average Bonchev–Trinajstić information content (AvgIpc) is 3.71. The number of nitrogens with zero attached hydrogens (tertiary/aromatic N) is 2. The topological polar surface area (TPSA) is 72.9 Å². The summed E-state index contributed by atoms with van der Waals surface area (Å²) in [6.45, 7) is 1.94. The molecule has 0 unspecified atom stereocenters. The molecule has 6 nitrogen and oxygen atoms in total. The van der Waals surface area contributed by atoms with Crippen LogP contribution >= 0.6 is 0 Å². The Hall–Kier alpha value is -3.12. The summed E-state index contributed by atoms with van der Waals surface area (Å²) >= 11 is 0. The van der Waals surface area contributed by atoms with E-state index in [9.17, 15) is 41.0 Å². The van der Waals surface area contributed by atoms with E-state index < -0.39 is 23.5 Å². The van der Waals surface area contributed by atoms with Crippen LogP contribution in [0.4, 0.5) is 32.0 Å². The Labute approximate surface area is 221 Å². The molecule has 0 bridgehead atoms. The zero-order valence-corrected chi connectivity index (χ0v) is 21.0. The van der Waals surface area contributed by atoms with Crippen molar-refractivity contribution in [2.75, 3.05) is 31.5 Å². The first-order chi connectivity index (χ1) is 18.3. The quantitative estimate of drug-likeness (QED) is 0.444. The first kappa shape index (κ1) is 28.9. The summed E-state index contributed by atoms with van der Waals surface area (Å²) in [5.74, 6) is 0.437. The van der Waals surface area contributed by atoms with E-state index in [2.05, 4.69) is 5.32 Å². The van der Waals surface area contributed by atoms with Crippen molar-refractivity contribution in [2.24, 2.45) is 5.92 Å². The molecule has 2 aromatic carbocycles. The number of carbonyl (C=O) groups is 2. The van der Waals surface area contributed by atoms with Gasteiger partial charge >= 0.3 is 12.4 Å². The molecule has 0 atom stereocenters. The smallest absolute Gasteiger partial charge is 0.369 e. The molecule has 2 aromatic rings. The van der Waals surface area contributed by atoms with E-state index >= 15 is 0 Å². The summed E-state index contributed by atoms with van der Waals surface area (Å²) in [5, 5.41) is 12.4. The first-order valence-electron chi connectivity index (χ1n) is 12.6. The van der Waals surface area contributed by atoms with Crippen molar-refractivity contribution in [3.8, 4) is 0 Å². The van der Waals surface area contributed by atoms with Crippen LogP contribution in [0.15, 0.2) is 48.5 Å². The third-order valence-corrected chi connectivity index (χ3v) is 7.15. The fourth-order valence-corrected chi connectivity index (χ4v) is 4.55. The van der Waals surface area contributed by atoms with Crippen LogP contribution in [0.2, 0.25) is 0 Å². The predicted octanol–water partition coefficient (Wildman–Crippen LogP) is 5.09. The molecule has 12 heteroatoms. The Bertz CT molecular complexity index is 1140. The van der Waals surface area contributed by atoms with Crippen LogP contribution in [0, 0.1) is 5.92 Å². The third-order valence-electron chi connectivity index (χ3n) is 7.15. The lowest BCUT2D eigenvalue weighted by Crippen LogP contribution is -2.53. The highest BCUT2D eigenvalue weighted by molar-refractivity contribution is 5.96. The van der Waals surface area contributed by atoms with Crippen molar-refractivity contribution < 1.29 is 41.0 Å². The number of benzene rings is 2. The molecule has 2 N–H and O–H groups in total. The van der Waals surface area contributed by atoms with Gasteiger partial charge in [0, 0.05) is 56.0 Å². The number of rotatable bonds is 8. The van der Waals surface area contributed by atoms with Gasteiger partial charge in [-0.15, -0.1) is 0 Å². The summed E-state index contributed by atoms with van der Waals surface area (Å²) < 4.78 is 78.5. The lowest BCUT2D eigenvalue weighted by atomic mass is 9.91. The van der Waals surface area contributed by atoms with Gasteiger partial charge in [0.25, 0.3) is 11.5 Å². The molecule has 2 amide bonds. The van der Waals surface area contributed by atoms with Crippen molar-refractivity contribution in [1.82, 2.24) is 9.80 Å². The maximum absolute atomic E-state index is 13.1. The van der Waals surface area contributed by atoms with E-state index in [1.54, 1.807) is 29.2 Å². The van der Waals surface area contributed by atoms with Crippen molar-refractivity contribution in [1.29, 1.82) is 0 Å². The first-order valence-corrected chi connectivity index (χ1v) is 12.6. The number of alkyl halides is 6. The molecule has 1 aliphatic carbocycles. The van der Waals surface area contributed by atoms with Gasteiger partial charge in [0.2, 0.25) is 5.91 Å². The molecule has 0 aromatic heterocycles. The fourth-order valence-electron chi connectivity index (χ4n) is 4.55. The highest BCUT2D eigenvalue weighted by Gasteiger charge is 2.71. The lowest BCUT2D eigenvalue weighted by molar-refractivity contribution is -0.376. The van der Waals surface area contributed by atoms with E-state index in [1.807, 2.05) is 4.90 Å². The molecule has 0 radical (unpaired) electrons. The van der Waals surface area contributed by atoms with E-state index in [1.165, 1.54) is 12.8 Å². The van der Waals surface area contributed by atoms with Gasteiger partial charge in [-0.2, -0.15) is 26.3 Å². The Morgan fingerprint density at radius 2 is 1.41 bits per heavy atom. The number of aliphatic hydroxyl groups is 1. The second-order valence-electron chi connectivity index (χ2n) is 10.1. The fraction of sp³-hybridized carbons (Fsp3) is 0.481. The molecule has 39 heavy (non-hydrogen) atoms. The van der Waals surface area contributed by atoms with E-state index in [0.717, 1.165) is 18.6 Å². The van der Waals surface area contributed by atoms with Gasteiger partial charge in [0.15, 0.2) is 0 Å². The number of piperazine rings is 1. The molecule has 2 fully saturated rings. The Morgan fingerprint density at radius 3 is 1.92 bits per heavy atom. The van der Waals surface area contributed by atoms with Gasteiger partial charge in [-0.3, -0.25) is 14.5 Å². The third kappa shape index (κ3) is 6.73. The number of hydrogen-bond donors (Lipinski definition) is 2. The highest BCUT2D eigenvalue weighted by atomic mass is 19.4. The van der Waals surface area contributed by atoms with Crippen LogP contribution in [-0.4, -0.2) is 65.3 Å². The van der Waals surface area contributed by atoms with Crippen LogP contribution in [0.25, 0.3) is 0 Å². The Morgan fingerprint density at radius 1 is 0.846 bits per heavy atom. The second kappa shape index (κ2) is 11.2. The zero-order chi connectivity index (χ0) is 28.4. The van der Waals surface area contributed by atoms with Crippen molar-refractivity contribution in [3.05, 3.63) is 65.2 Å². The monoisotopic (exact) mass is 557 g/mol. The Kier molecular flexibility index (Phi) is 8.27. The molecule has 1 heterocycles. The van der Waals surface area contributed by atoms with E-state index in [4.69, 9.17) is 0 Å². The molecule has 1 saturated carbocycles. The number of anilines is 1. The molecule has 4 rings (SSSR count). The summed E-state index contributed by atoms with van der Waals surface area (Å²) in [6.07, 6.45) is -8.12. The maximum Gasteiger partial charge on any atom is 0.430 e. The van der Waals surface area contributed by atoms with Gasteiger partial charge < -0.3 is 15.3 Å². The van der Waals surface area contributed by atoms with Gasteiger partial charge in [-0.25, -0.2) is 0 Å².